The van der Waals surface area contributed by atoms with Crippen molar-refractivity contribution in [3.63, 3.8) is 0 Å². The predicted molar refractivity (Wildman–Crippen MR) is 61.3 cm³/mol. The number of carbonyl (C=O) groups excluding carboxylic acids is 1. The SMILES string of the molecule is C[C@@H]1CN(C(=O)C2=COCCO2)CCN1.Cl. The highest BCUT2D eigenvalue weighted by atomic mass is 35.5. The van der Waals surface area contributed by atoms with Gasteiger partial charge in [-0.15, -0.1) is 12.4 Å². The average molecular weight is 249 g/mol. The van der Waals surface area contributed by atoms with Crippen molar-refractivity contribution >= 4 is 18.3 Å². The van der Waals surface area contributed by atoms with Crippen LogP contribution in [0.4, 0.5) is 0 Å². The third-order valence-electron chi connectivity index (χ3n) is 2.52. The number of nitrogens with zero attached hydrogens (tertiary/aromatic N) is 1. The van der Waals surface area contributed by atoms with E-state index in [1.54, 1.807) is 4.90 Å². The molecule has 2 aliphatic rings. The normalized spacial score (nSPS) is 24.7. The molecule has 0 aromatic rings. The second-order valence-corrected chi connectivity index (χ2v) is 3.81. The van der Waals surface area contributed by atoms with Crippen LogP contribution < -0.4 is 5.32 Å². The number of amides is 1. The van der Waals surface area contributed by atoms with Crippen LogP contribution in [-0.2, 0) is 14.3 Å². The molecule has 0 saturated carbocycles. The number of hydrogen-bond donors (Lipinski definition) is 1. The largest absolute Gasteiger partial charge is 0.494 e. The van der Waals surface area contributed by atoms with E-state index in [0.717, 1.165) is 19.6 Å². The Balaban J connectivity index is 0.00000128. The van der Waals surface area contributed by atoms with Crippen molar-refractivity contribution in [2.45, 2.75) is 13.0 Å². The fourth-order valence-corrected chi connectivity index (χ4v) is 1.75. The van der Waals surface area contributed by atoms with Crippen molar-refractivity contribution in [1.82, 2.24) is 10.2 Å². The van der Waals surface area contributed by atoms with Gasteiger partial charge in [0, 0.05) is 25.7 Å². The van der Waals surface area contributed by atoms with Crippen molar-refractivity contribution in [2.24, 2.45) is 0 Å². The summed E-state index contributed by atoms with van der Waals surface area (Å²) in [5.74, 6) is 0.262. The van der Waals surface area contributed by atoms with Gasteiger partial charge in [0.1, 0.15) is 19.5 Å². The quantitative estimate of drug-likeness (QED) is 0.716. The van der Waals surface area contributed by atoms with E-state index in [9.17, 15) is 4.79 Å². The predicted octanol–water partition coefficient (Wildman–Crippen LogP) is 0.117. The highest BCUT2D eigenvalue weighted by molar-refractivity contribution is 5.91. The van der Waals surface area contributed by atoms with Gasteiger partial charge in [-0.05, 0) is 6.92 Å². The first-order chi connectivity index (χ1) is 7.27. The Bertz CT molecular complexity index is 283. The number of piperazine rings is 1. The second kappa shape index (κ2) is 5.96. The minimum absolute atomic E-state index is 0. The van der Waals surface area contributed by atoms with E-state index in [0.29, 0.717) is 25.0 Å². The van der Waals surface area contributed by atoms with Crippen LogP contribution in [-0.4, -0.2) is 49.7 Å². The summed E-state index contributed by atoms with van der Waals surface area (Å²) >= 11 is 0. The monoisotopic (exact) mass is 248 g/mol. The van der Waals surface area contributed by atoms with Crippen LogP contribution in [0, 0.1) is 0 Å². The maximum absolute atomic E-state index is 11.9. The minimum Gasteiger partial charge on any atom is -0.494 e. The van der Waals surface area contributed by atoms with E-state index in [-0.39, 0.29) is 18.3 Å². The van der Waals surface area contributed by atoms with Gasteiger partial charge in [0.05, 0.1) is 0 Å². The lowest BCUT2D eigenvalue weighted by molar-refractivity contribution is -0.133. The van der Waals surface area contributed by atoms with E-state index >= 15 is 0 Å². The lowest BCUT2D eigenvalue weighted by Gasteiger charge is -2.32. The molecule has 16 heavy (non-hydrogen) atoms. The zero-order chi connectivity index (χ0) is 10.7. The Kier molecular flexibility index (Phi) is 4.89. The maximum atomic E-state index is 11.9. The van der Waals surface area contributed by atoms with Gasteiger partial charge in [-0.1, -0.05) is 0 Å². The molecule has 1 saturated heterocycles. The Labute approximate surface area is 101 Å². The minimum atomic E-state index is -0.0666. The number of ether oxygens (including phenoxy) is 2. The Hall–Kier alpha value is -0.940. The summed E-state index contributed by atoms with van der Waals surface area (Å²) in [6.07, 6.45) is 1.42. The average Bonchev–Trinajstić information content (AvgIpc) is 2.29. The topological polar surface area (TPSA) is 50.8 Å². The zero-order valence-electron chi connectivity index (χ0n) is 9.27. The van der Waals surface area contributed by atoms with Gasteiger partial charge in [-0.2, -0.15) is 0 Å². The number of carbonyl (C=O) groups is 1. The van der Waals surface area contributed by atoms with E-state index in [2.05, 4.69) is 12.2 Å². The molecule has 1 atom stereocenters. The molecule has 0 unspecified atom stereocenters. The molecule has 1 amide bonds. The number of hydrogen-bond acceptors (Lipinski definition) is 4. The van der Waals surface area contributed by atoms with Crippen molar-refractivity contribution in [3.05, 3.63) is 12.0 Å². The van der Waals surface area contributed by atoms with Gasteiger partial charge in [-0.3, -0.25) is 4.79 Å². The molecule has 0 aromatic carbocycles. The Morgan fingerprint density at radius 1 is 1.56 bits per heavy atom. The van der Waals surface area contributed by atoms with Crippen LogP contribution in [0.15, 0.2) is 12.0 Å². The first-order valence-corrected chi connectivity index (χ1v) is 5.24. The van der Waals surface area contributed by atoms with Gasteiger partial charge >= 0.3 is 0 Å². The molecule has 92 valence electrons. The summed E-state index contributed by atoms with van der Waals surface area (Å²) in [4.78, 5) is 13.7. The van der Waals surface area contributed by atoms with E-state index in [4.69, 9.17) is 9.47 Å². The number of nitrogens with one attached hydrogen (secondary N) is 1. The molecule has 0 radical (unpaired) electrons. The highest BCUT2D eigenvalue weighted by Gasteiger charge is 2.25. The molecular formula is C10H17ClN2O3. The van der Waals surface area contributed by atoms with Gasteiger partial charge in [0.2, 0.25) is 5.76 Å². The smallest absolute Gasteiger partial charge is 0.292 e. The van der Waals surface area contributed by atoms with E-state index in [1.807, 2.05) is 0 Å². The first-order valence-electron chi connectivity index (χ1n) is 5.24. The van der Waals surface area contributed by atoms with Gasteiger partial charge in [-0.25, -0.2) is 0 Å². The van der Waals surface area contributed by atoms with Gasteiger partial charge in [0.25, 0.3) is 5.91 Å². The maximum Gasteiger partial charge on any atom is 0.292 e. The number of rotatable bonds is 1. The van der Waals surface area contributed by atoms with Crippen LogP contribution in [0.1, 0.15) is 6.92 Å². The number of halogens is 1. The summed E-state index contributed by atoms with van der Waals surface area (Å²) in [7, 11) is 0. The van der Waals surface area contributed by atoms with Gasteiger partial charge < -0.3 is 19.7 Å². The molecule has 0 spiro atoms. The van der Waals surface area contributed by atoms with Crippen LogP contribution in [0.5, 0.6) is 0 Å². The molecule has 2 aliphatic heterocycles. The summed E-state index contributed by atoms with van der Waals surface area (Å²) in [6.45, 7) is 5.32. The van der Waals surface area contributed by atoms with Crippen LogP contribution in [0.2, 0.25) is 0 Å². The third-order valence-corrected chi connectivity index (χ3v) is 2.52. The molecular weight excluding hydrogens is 232 g/mol. The zero-order valence-corrected chi connectivity index (χ0v) is 10.1. The standard InChI is InChI=1S/C10H16N2O3.ClH/c1-8-6-12(3-2-11-8)10(13)9-7-14-4-5-15-9;/h7-8,11H,2-6H2,1H3;1H/t8-;/m1./s1. The molecule has 1 N–H and O–H groups in total. The fraction of sp³-hybridized carbons (Fsp3) is 0.700. The Morgan fingerprint density at radius 3 is 3.00 bits per heavy atom. The summed E-state index contributed by atoms with van der Waals surface area (Å²) in [6, 6.07) is 0.341. The fourth-order valence-electron chi connectivity index (χ4n) is 1.75. The highest BCUT2D eigenvalue weighted by Crippen LogP contribution is 2.10. The third kappa shape index (κ3) is 3.02. The lowest BCUT2D eigenvalue weighted by Crippen LogP contribution is -2.52. The lowest BCUT2D eigenvalue weighted by atomic mass is 10.2. The molecule has 6 heteroatoms. The molecule has 2 heterocycles. The molecule has 1 fully saturated rings. The van der Waals surface area contributed by atoms with Crippen molar-refractivity contribution in [2.75, 3.05) is 32.8 Å². The second-order valence-electron chi connectivity index (χ2n) is 3.81. The van der Waals surface area contributed by atoms with E-state index in [1.165, 1.54) is 6.26 Å². The summed E-state index contributed by atoms with van der Waals surface area (Å²) in [5.41, 5.74) is 0. The van der Waals surface area contributed by atoms with Crippen molar-refractivity contribution in [3.8, 4) is 0 Å². The summed E-state index contributed by atoms with van der Waals surface area (Å²) < 4.78 is 10.3. The van der Waals surface area contributed by atoms with Gasteiger partial charge in [0.15, 0.2) is 0 Å². The summed E-state index contributed by atoms with van der Waals surface area (Å²) in [5, 5.41) is 3.28. The molecule has 5 nitrogen and oxygen atoms in total. The molecule has 0 bridgehead atoms. The van der Waals surface area contributed by atoms with E-state index < -0.39 is 0 Å². The first kappa shape index (κ1) is 13.1. The van der Waals surface area contributed by atoms with Crippen molar-refractivity contribution < 1.29 is 14.3 Å². The molecule has 0 aromatic heterocycles. The van der Waals surface area contributed by atoms with Crippen molar-refractivity contribution in [1.29, 1.82) is 0 Å². The van der Waals surface area contributed by atoms with Crippen LogP contribution >= 0.6 is 12.4 Å². The molecule has 0 aliphatic carbocycles. The van der Waals surface area contributed by atoms with Crippen LogP contribution in [0.3, 0.4) is 0 Å². The molecule has 2 rings (SSSR count). The van der Waals surface area contributed by atoms with Crippen LogP contribution in [0.25, 0.3) is 0 Å². The Morgan fingerprint density at radius 2 is 2.38 bits per heavy atom.